The van der Waals surface area contributed by atoms with Gasteiger partial charge in [0.2, 0.25) is 11.6 Å². The van der Waals surface area contributed by atoms with Gasteiger partial charge < -0.3 is 4.90 Å². The smallest absolute Gasteiger partial charge is 0.277 e. The molecule has 29 heavy (non-hydrogen) atoms. The number of hydrogen-bond donors (Lipinski definition) is 0. The molecule has 0 spiro atoms. The number of amides is 1. The number of aliphatic imine (C=N–C) groups is 2. The highest BCUT2D eigenvalue weighted by atomic mass is 16.6. The number of ketones is 1. The summed E-state index contributed by atoms with van der Waals surface area (Å²) in [4.78, 5) is 45.6. The van der Waals surface area contributed by atoms with Crippen molar-refractivity contribution in [3.8, 4) is 0 Å². The summed E-state index contributed by atoms with van der Waals surface area (Å²) in [5, 5.41) is 10.9. The number of nitro benzene ring substituents is 1. The predicted molar refractivity (Wildman–Crippen MR) is 108 cm³/mol. The van der Waals surface area contributed by atoms with Gasteiger partial charge in [0.1, 0.15) is 5.71 Å². The largest absolute Gasteiger partial charge is 0.307 e. The van der Waals surface area contributed by atoms with Crippen LogP contribution in [0, 0.1) is 10.1 Å². The molecule has 144 valence electrons. The summed E-state index contributed by atoms with van der Waals surface area (Å²) < 4.78 is 0. The average molecular weight is 388 g/mol. The first kappa shape index (κ1) is 18.4. The molecule has 0 unspecified atom stereocenters. The van der Waals surface area contributed by atoms with Crippen molar-refractivity contribution in [1.29, 1.82) is 0 Å². The van der Waals surface area contributed by atoms with E-state index in [-0.39, 0.29) is 28.6 Å². The standard InChI is InChI=1S/C21H16N4O4/c1-13-17-18(23-20(22-13)19(17)26)21(27)24(12-11-14-5-3-2-4-6-14)15-7-9-16(10-8-15)25(28)29/h2-10H,11-12H2,1H3. The Morgan fingerprint density at radius 1 is 1.07 bits per heavy atom. The molecular weight excluding hydrogens is 372 g/mol. The highest BCUT2D eigenvalue weighted by molar-refractivity contribution is 6.70. The van der Waals surface area contributed by atoms with Crippen molar-refractivity contribution in [2.45, 2.75) is 13.3 Å². The number of amidine groups is 1. The molecule has 4 rings (SSSR count). The third-order valence-corrected chi connectivity index (χ3v) is 4.81. The fraction of sp³-hybridized carbons (Fsp3) is 0.143. The maximum absolute atomic E-state index is 13.3. The average Bonchev–Trinajstić information content (AvgIpc) is 3.19. The van der Waals surface area contributed by atoms with Crippen LogP contribution in [0.25, 0.3) is 0 Å². The summed E-state index contributed by atoms with van der Waals surface area (Å²) >= 11 is 0. The molecule has 0 atom stereocenters. The number of non-ortho nitro benzene ring substituents is 1. The Kier molecular flexibility index (Phi) is 4.59. The molecule has 8 nitrogen and oxygen atoms in total. The lowest BCUT2D eigenvalue weighted by Crippen LogP contribution is -2.39. The van der Waals surface area contributed by atoms with Crippen LogP contribution in [0.2, 0.25) is 0 Å². The van der Waals surface area contributed by atoms with E-state index in [1.54, 1.807) is 6.92 Å². The number of allylic oxidation sites excluding steroid dienone is 1. The molecule has 0 fully saturated rings. The molecule has 0 N–H and O–H groups in total. The van der Waals surface area contributed by atoms with Crippen molar-refractivity contribution in [2.75, 3.05) is 11.4 Å². The Balaban J connectivity index is 1.65. The molecule has 2 aliphatic heterocycles. The van der Waals surface area contributed by atoms with Crippen molar-refractivity contribution in [3.63, 3.8) is 0 Å². The second-order valence-electron chi connectivity index (χ2n) is 6.65. The summed E-state index contributed by atoms with van der Waals surface area (Å²) in [6.07, 6.45) is 0.573. The van der Waals surface area contributed by atoms with Gasteiger partial charge in [-0.2, -0.15) is 0 Å². The van der Waals surface area contributed by atoms with Gasteiger partial charge >= 0.3 is 0 Å². The number of rotatable bonds is 6. The Morgan fingerprint density at radius 3 is 2.34 bits per heavy atom. The van der Waals surface area contributed by atoms with Gasteiger partial charge in [-0.05, 0) is 31.0 Å². The number of carbonyl (C=O) groups excluding carboxylic acids is 2. The second kappa shape index (κ2) is 7.23. The van der Waals surface area contributed by atoms with E-state index in [2.05, 4.69) is 9.98 Å². The molecule has 0 saturated carbocycles. The molecule has 0 aliphatic carbocycles. The van der Waals surface area contributed by atoms with Gasteiger partial charge in [0.25, 0.3) is 11.6 Å². The Bertz CT molecular complexity index is 1120. The van der Waals surface area contributed by atoms with Gasteiger partial charge in [-0.1, -0.05) is 30.3 Å². The quantitative estimate of drug-likeness (QED) is 0.560. The zero-order valence-electron chi connectivity index (χ0n) is 15.5. The maximum atomic E-state index is 13.3. The van der Waals surface area contributed by atoms with E-state index in [0.717, 1.165) is 5.56 Å². The number of anilines is 1. The van der Waals surface area contributed by atoms with E-state index in [0.29, 0.717) is 24.4 Å². The third kappa shape index (κ3) is 3.36. The number of hydrogen-bond acceptors (Lipinski definition) is 6. The summed E-state index contributed by atoms with van der Waals surface area (Å²) in [6, 6.07) is 15.4. The fourth-order valence-corrected chi connectivity index (χ4v) is 3.33. The minimum absolute atomic E-state index is 0.0348. The van der Waals surface area contributed by atoms with Crippen molar-refractivity contribution in [1.82, 2.24) is 0 Å². The number of nitro groups is 1. The van der Waals surface area contributed by atoms with Crippen LogP contribution in [0.5, 0.6) is 0 Å². The van der Waals surface area contributed by atoms with Crippen LogP contribution in [0.15, 0.2) is 75.9 Å². The first-order valence-electron chi connectivity index (χ1n) is 8.99. The van der Waals surface area contributed by atoms with Gasteiger partial charge in [-0.25, -0.2) is 9.98 Å². The summed E-state index contributed by atoms with van der Waals surface area (Å²) in [7, 11) is 0. The zero-order chi connectivity index (χ0) is 20.5. The van der Waals surface area contributed by atoms with Crippen LogP contribution < -0.4 is 4.90 Å². The lowest BCUT2D eigenvalue weighted by atomic mass is 10.1. The normalized spacial score (nSPS) is 14.7. The SMILES string of the molecule is CC1=C2C(=O)C(=N1)N=C2C(=O)N(CCc1ccccc1)c1ccc([N+](=O)[O-])cc1. The minimum Gasteiger partial charge on any atom is -0.307 e. The molecule has 2 heterocycles. The Labute approximate surface area is 166 Å². The second-order valence-corrected chi connectivity index (χ2v) is 6.65. The molecule has 0 radical (unpaired) electrons. The highest BCUT2D eigenvalue weighted by Crippen LogP contribution is 2.28. The van der Waals surface area contributed by atoms with Gasteiger partial charge in [-0.3, -0.25) is 19.7 Å². The number of Topliss-reactive ketones (excluding diaryl/α,β-unsaturated/α-hetero) is 1. The van der Waals surface area contributed by atoms with Crippen LogP contribution in [-0.4, -0.2) is 34.7 Å². The topological polar surface area (TPSA) is 105 Å². The lowest BCUT2D eigenvalue weighted by molar-refractivity contribution is -0.384. The molecule has 2 aromatic rings. The number of fused-ring (bicyclic) bond motifs is 2. The van der Waals surface area contributed by atoms with Gasteiger partial charge in [-0.15, -0.1) is 0 Å². The first-order valence-corrected chi connectivity index (χ1v) is 8.99. The van der Waals surface area contributed by atoms with Gasteiger partial charge in [0.05, 0.1) is 16.2 Å². The van der Waals surface area contributed by atoms with E-state index in [4.69, 9.17) is 0 Å². The lowest BCUT2D eigenvalue weighted by Gasteiger charge is -2.23. The van der Waals surface area contributed by atoms with Crippen LogP contribution >= 0.6 is 0 Å². The number of carbonyl (C=O) groups is 2. The molecule has 1 amide bonds. The monoisotopic (exact) mass is 388 g/mol. The molecule has 2 aliphatic rings. The maximum Gasteiger partial charge on any atom is 0.277 e. The third-order valence-electron chi connectivity index (χ3n) is 4.81. The predicted octanol–water partition coefficient (Wildman–Crippen LogP) is 2.88. The van der Waals surface area contributed by atoms with Gasteiger partial charge in [0.15, 0.2) is 0 Å². The van der Waals surface area contributed by atoms with Crippen molar-refractivity contribution in [2.24, 2.45) is 9.98 Å². The van der Waals surface area contributed by atoms with E-state index in [1.165, 1.54) is 29.2 Å². The molecular formula is C21H16N4O4. The van der Waals surface area contributed by atoms with E-state index in [1.807, 2.05) is 30.3 Å². The first-order chi connectivity index (χ1) is 14.0. The molecule has 0 saturated heterocycles. The number of benzene rings is 2. The fourth-order valence-electron chi connectivity index (χ4n) is 3.33. The van der Waals surface area contributed by atoms with Crippen LogP contribution in [0.1, 0.15) is 12.5 Å². The zero-order valence-corrected chi connectivity index (χ0v) is 15.5. The molecule has 2 aromatic carbocycles. The van der Waals surface area contributed by atoms with E-state index < -0.39 is 10.8 Å². The van der Waals surface area contributed by atoms with Gasteiger partial charge in [0, 0.05) is 24.4 Å². The van der Waals surface area contributed by atoms with Crippen LogP contribution in [-0.2, 0) is 16.0 Å². The Morgan fingerprint density at radius 2 is 1.76 bits per heavy atom. The summed E-state index contributed by atoms with van der Waals surface area (Å²) in [5.41, 5.74) is 2.26. The van der Waals surface area contributed by atoms with Crippen molar-refractivity contribution in [3.05, 3.63) is 81.5 Å². The highest BCUT2D eigenvalue weighted by Gasteiger charge is 2.40. The summed E-state index contributed by atoms with van der Waals surface area (Å²) in [5.74, 6) is -0.729. The van der Waals surface area contributed by atoms with E-state index >= 15 is 0 Å². The molecule has 8 heteroatoms. The van der Waals surface area contributed by atoms with Crippen LogP contribution in [0.4, 0.5) is 11.4 Å². The Hall–Kier alpha value is -3.94. The summed E-state index contributed by atoms with van der Waals surface area (Å²) in [6.45, 7) is 2.00. The number of nitrogens with zero attached hydrogens (tertiary/aromatic N) is 4. The minimum atomic E-state index is -0.495. The molecule has 2 bridgehead atoms. The van der Waals surface area contributed by atoms with Crippen molar-refractivity contribution >= 4 is 34.6 Å². The van der Waals surface area contributed by atoms with E-state index in [9.17, 15) is 19.7 Å². The van der Waals surface area contributed by atoms with Crippen molar-refractivity contribution < 1.29 is 14.5 Å². The van der Waals surface area contributed by atoms with Crippen LogP contribution in [0.3, 0.4) is 0 Å². The molecule has 0 aromatic heterocycles.